The topological polar surface area (TPSA) is 67.2 Å². The summed E-state index contributed by atoms with van der Waals surface area (Å²) in [4.78, 5) is 11.2. The van der Waals surface area contributed by atoms with Crippen LogP contribution in [0.2, 0.25) is 0 Å². The third-order valence-electron chi connectivity index (χ3n) is 2.00. The maximum absolute atomic E-state index is 11.2. The lowest BCUT2D eigenvalue weighted by molar-refractivity contribution is -0.121. The van der Waals surface area contributed by atoms with E-state index in [1.807, 2.05) is 0 Å². The Hall–Kier alpha value is -0.610. The summed E-state index contributed by atoms with van der Waals surface area (Å²) in [5.74, 6) is 0.172. The Labute approximate surface area is 86.6 Å². The minimum Gasteiger partial charge on any atom is -0.356 e. The van der Waals surface area contributed by atoms with Crippen molar-refractivity contribution in [3.63, 3.8) is 0 Å². The van der Waals surface area contributed by atoms with Crippen molar-refractivity contribution in [2.24, 2.45) is 5.73 Å². The van der Waals surface area contributed by atoms with Gasteiger partial charge in [-0.2, -0.15) is 0 Å². The van der Waals surface area contributed by atoms with Crippen LogP contribution in [-0.2, 0) is 4.79 Å². The lowest BCUT2D eigenvalue weighted by Crippen LogP contribution is -2.29. The van der Waals surface area contributed by atoms with Crippen molar-refractivity contribution in [2.45, 2.75) is 39.0 Å². The smallest absolute Gasteiger partial charge is 0.219 e. The number of hydrogen-bond donors (Lipinski definition) is 3. The number of rotatable bonds is 9. The first-order chi connectivity index (χ1) is 6.81. The van der Waals surface area contributed by atoms with E-state index in [0.717, 1.165) is 38.8 Å². The van der Waals surface area contributed by atoms with E-state index in [1.165, 1.54) is 0 Å². The number of nitrogens with one attached hydrogen (secondary N) is 2. The zero-order chi connectivity index (χ0) is 10.6. The van der Waals surface area contributed by atoms with E-state index in [-0.39, 0.29) is 5.91 Å². The molecule has 4 heteroatoms. The Morgan fingerprint density at radius 1 is 1.21 bits per heavy atom. The van der Waals surface area contributed by atoms with E-state index in [4.69, 9.17) is 5.73 Å². The Bertz CT molecular complexity index is 139. The van der Waals surface area contributed by atoms with Crippen LogP contribution in [0.5, 0.6) is 0 Å². The molecule has 4 nitrogen and oxygen atoms in total. The van der Waals surface area contributed by atoms with Gasteiger partial charge in [-0.15, -0.1) is 0 Å². The van der Waals surface area contributed by atoms with E-state index in [9.17, 15) is 4.79 Å². The number of unbranched alkanes of at least 4 members (excludes halogenated alkanes) is 2. The monoisotopic (exact) mass is 201 g/mol. The summed E-state index contributed by atoms with van der Waals surface area (Å²) in [6.45, 7) is 4.25. The van der Waals surface area contributed by atoms with E-state index in [0.29, 0.717) is 13.1 Å². The largest absolute Gasteiger partial charge is 0.356 e. The van der Waals surface area contributed by atoms with Crippen LogP contribution >= 0.6 is 0 Å². The highest BCUT2D eigenvalue weighted by Crippen LogP contribution is 1.97. The van der Waals surface area contributed by atoms with Gasteiger partial charge in [-0.25, -0.2) is 0 Å². The summed E-state index contributed by atoms with van der Waals surface area (Å²) in [7, 11) is 0. The van der Waals surface area contributed by atoms with Gasteiger partial charge in [0, 0.05) is 19.6 Å². The van der Waals surface area contributed by atoms with Crippen molar-refractivity contribution in [3.8, 4) is 0 Å². The maximum Gasteiger partial charge on any atom is 0.219 e. The third kappa shape index (κ3) is 9.48. The Morgan fingerprint density at radius 2 is 2.00 bits per heavy atom. The van der Waals surface area contributed by atoms with Crippen LogP contribution in [0.15, 0.2) is 0 Å². The fraction of sp³-hybridized carbons (Fsp3) is 0.900. The Balaban J connectivity index is 3.10. The van der Waals surface area contributed by atoms with Crippen molar-refractivity contribution in [3.05, 3.63) is 0 Å². The second-order valence-corrected chi connectivity index (χ2v) is 3.36. The molecule has 0 unspecified atom stereocenters. The summed E-state index contributed by atoms with van der Waals surface area (Å²) in [5, 5.41) is 5.88. The molecule has 0 rings (SSSR count). The first-order valence-corrected chi connectivity index (χ1v) is 5.48. The molecule has 0 aromatic carbocycles. The van der Waals surface area contributed by atoms with Crippen LogP contribution in [0.4, 0.5) is 0 Å². The molecule has 0 saturated heterocycles. The molecule has 4 N–H and O–H groups in total. The molecule has 0 saturated carbocycles. The summed E-state index contributed by atoms with van der Waals surface area (Å²) in [5.41, 5.74) is 5.25. The van der Waals surface area contributed by atoms with Crippen molar-refractivity contribution >= 4 is 5.91 Å². The lowest BCUT2D eigenvalue weighted by Gasteiger charge is -2.04. The Kier molecular flexibility index (Phi) is 10.0. The van der Waals surface area contributed by atoms with E-state index >= 15 is 0 Å². The molecule has 0 aromatic rings. The highest BCUT2D eigenvalue weighted by Gasteiger charge is 1.98. The molecule has 1 amide bonds. The number of hydrogen-bond acceptors (Lipinski definition) is 3. The average Bonchev–Trinajstić information content (AvgIpc) is 2.18. The van der Waals surface area contributed by atoms with E-state index in [2.05, 4.69) is 17.6 Å². The minimum atomic E-state index is 0.172. The highest BCUT2D eigenvalue weighted by atomic mass is 16.1. The fourth-order valence-corrected chi connectivity index (χ4v) is 1.17. The van der Waals surface area contributed by atoms with E-state index in [1.54, 1.807) is 0 Å². The summed E-state index contributed by atoms with van der Waals surface area (Å²) < 4.78 is 0. The van der Waals surface area contributed by atoms with Crippen LogP contribution in [0.1, 0.15) is 39.0 Å². The zero-order valence-electron chi connectivity index (χ0n) is 9.14. The number of amides is 1. The molecular formula is C10H23N3O. The van der Waals surface area contributed by atoms with Gasteiger partial charge in [0.1, 0.15) is 0 Å². The van der Waals surface area contributed by atoms with Gasteiger partial charge in [-0.3, -0.25) is 4.79 Å². The number of carbonyl (C=O) groups excluding carboxylic acids is 1. The lowest BCUT2D eigenvalue weighted by atomic mass is 10.2. The zero-order valence-corrected chi connectivity index (χ0v) is 9.14. The molecule has 0 aliphatic heterocycles. The summed E-state index contributed by atoms with van der Waals surface area (Å²) in [6, 6.07) is 0. The molecule has 0 radical (unpaired) electrons. The van der Waals surface area contributed by atoms with Crippen LogP contribution in [0, 0.1) is 0 Å². The van der Waals surface area contributed by atoms with Crippen LogP contribution < -0.4 is 16.4 Å². The molecule has 0 aliphatic carbocycles. The quantitative estimate of drug-likeness (QED) is 0.377. The van der Waals surface area contributed by atoms with Gasteiger partial charge in [-0.1, -0.05) is 19.8 Å². The van der Waals surface area contributed by atoms with E-state index < -0.39 is 0 Å². The fourth-order valence-electron chi connectivity index (χ4n) is 1.17. The van der Waals surface area contributed by atoms with Crippen molar-refractivity contribution in [1.82, 2.24) is 10.6 Å². The predicted octanol–water partition coefficient (Wildman–Crippen LogP) is 0.579. The van der Waals surface area contributed by atoms with Gasteiger partial charge in [0.05, 0.1) is 0 Å². The minimum absolute atomic E-state index is 0.172. The van der Waals surface area contributed by atoms with Crippen molar-refractivity contribution in [1.29, 1.82) is 0 Å². The maximum atomic E-state index is 11.2. The van der Waals surface area contributed by atoms with Crippen LogP contribution in [0.25, 0.3) is 0 Å². The van der Waals surface area contributed by atoms with Crippen molar-refractivity contribution < 1.29 is 4.79 Å². The predicted molar refractivity (Wildman–Crippen MR) is 58.8 cm³/mol. The van der Waals surface area contributed by atoms with Crippen LogP contribution in [-0.4, -0.2) is 25.7 Å². The molecule has 14 heavy (non-hydrogen) atoms. The SMILES string of the molecule is CCCCCC(=O)NCCCNCN. The van der Waals surface area contributed by atoms with Gasteiger partial charge in [0.2, 0.25) is 5.91 Å². The molecule has 0 aliphatic rings. The Morgan fingerprint density at radius 3 is 2.64 bits per heavy atom. The van der Waals surface area contributed by atoms with Gasteiger partial charge in [0.15, 0.2) is 0 Å². The normalized spacial score (nSPS) is 10.1. The summed E-state index contributed by atoms with van der Waals surface area (Å²) in [6.07, 6.45) is 4.91. The molecule has 0 heterocycles. The van der Waals surface area contributed by atoms with Gasteiger partial charge < -0.3 is 16.4 Å². The number of carbonyl (C=O) groups is 1. The van der Waals surface area contributed by atoms with Gasteiger partial charge in [0.25, 0.3) is 0 Å². The second-order valence-electron chi connectivity index (χ2n) is 3.36. The van der Waals surface area contributed by atoms with Gasteiger partial charge >= 0.3 is 0 Å². The molecule has 0 fully saturated rings. The van der Waals surface area contributed by atoms with Crippen LogP contribution in [0.3, 0.4) is 0 Å². The third-order valence-corrected chi connectivity index (χ3v) is 2.00. The molecule has 0 aromatic heterocycles. The second kappa shape index (κ2) is 10.5. The molecular weight excluding hydrogens is 178 g/mol. The standard InChI is InChI=1S/C10H23N3O/c1-2-3-4-6-10(14)13-8-5-7-12-9-11/h12H,2-9,11H2,1H3,(H,13,14). The average molecular weight is 201 g/mol. The molecule has 0 bridgehead atoms. The van der Waals surface area contributed by atoms with Gasteiger partial charge in [-0.05, 0) is 19.4 Å². The number of nitrogens with two attached hydrogens (primary N) is 1. The molecule has 0 spiro atoms. The first-order valence-electron chi connectivity index (χ1n) is 5.48. The summed E-state index contributed by atoms with van der Waals surface area (Å²) >= 11 is 0. The van der Waals surface area contributed by atoms with Crippen molar-refractivity contribution in [2.75, 3.05) is 19.8 Å². The molecule has 0 atom stereocenters. The molecule has 84 valence electrons. The first kappa shape index (κ1) is 13.4. The highest BCUT2D eigenvalue weighted by molar-refractivity contribution is 5.75.